The summed E-state index contributed by atoms with van der Waals surface area (Å²) < 4.78 is 26.5. The number of benzene rings is 1. The van der Waals surface area contributed by atoms with Gasteiger partial charge in [0.1, 0.15) is 0 Å². The molecule has 0 saturated heterocycles. The molecule has 0 spiro atoms. The lowest BCUT2D eigenvalue weighted by molar-refractivity contribution is 0.126. The first-order chi connectivity index (χ1) is 7.68. The number of nitrogens with one attached hydrogen (secondary N) is 1. The van der Waals surface area contributed by atoms with E-state index in [1.165, 1.54) is 4.57 Å². The minimum Gasteiger partial charge on any atom is -0.337 e. The highest BCUT2D eigenvalue weighted by atomic mass is 32.1. The first-order valence-corrected chi connectivity index (χ1v) is 5.21. The van der Waals surface area contributed by atoms with Crippen LogP contribution >= 0.6 is 12.2 Å². The van der Waals surface area contributed by atoms with Gasteiger partial charge in [0.25, 0.3) is 6.43 Å². The summed E-state index contributed by atoms with van der Waals surface area (Å²) in [6.45, 7) is -0.382. The molecular formula is C11H10F2N2S. The minimum absolute atomic E-state index is 0.319. The van der Waals surface area contributed by atoms with Gasteiger partial charge in [-0.05, 0) is 17.8 Å². The summed E-state index contributed by atoms with van der Waals surface area (Å²) in [6.07, 6.45) is -0.759. The van der Waals surface area contributed by atoms with Gasteiger partial charge in [0, 0.05) is 6.20 Å². The zero-order chi connectivity index (χ0) is 11.5. The summed E-state index contributed by atoms with van der Waals surface area (Å²) in [5.74, 6) is 0. The molecule has 1 aromatic carbocycles. The molecule has 0 radical (unpaired) electrons. The van der Waals surface area contributed by atoms with E-state index in [4.69, 9.17) is 12.2 Å². The molecule has 0 atom stereocenters. The van der Waals surface area contributed by atoms with Crippen molar-refractivity contribution in [2.75, 3.05) is 0 Å². The molecule has 1 aromatic heterocycles. The molecule has 0 fully saturated rings. The van der Waals surface area contributed by atoms with Crippen molar-refractivity contribution in [3.05, 3.63) is 41.3 Å². The predicted octanol–water partition coefficient (Wildman–Crippen LogP) is 3.48. The molecule has 0 aliphatic rings. The monoisotopic (exact) mass is 240 g/mol. The number of aromatic amines is 1. The SMILES string of the molecule is FC(F)Cn1c(-c2ccccc2)c[nH]c1=S. The molecular weight excluding hydrogens is 230 g/mol. The van der Waals surface area contributed by atoms with Crippen LogP contribution in [-0.2, 0) is 6.54 Å². The van der Waals surface area contributed by atoms with Crippen molar-refractivity contribution < 1.29 is 8.78 Å². The molecule has 2 aromatic rings. The van der Waals surface area contributed by atoms with Crippen LogP contribution in [0.15, 0.2) is 36.5 Å². The zero-order valence-corrected chi connectivity index (χ0v) is 9.18. The number of rotatable bonds is 3. The van der Waals surface area contributed by atoms with Gasteiger partial charge in [-0.2, -0.15) is 0 Å². The Balaban J connectivity index is 2.46. The first kappa shape index (κ1) is 11.0. The fraction of sp³-hybridized carbons (Fsp3) is 0.182. The molecule has 2 rings (SSSR count). The Kier molecular flexibility index (Phi) is 3.14. The molecule has 0 amide bonds. The van der Waals surface area contributed by atoms with Gasteiger partial charge in [0.05, 0.1) is 12.2 Å². The minimum atomic E-state index is -2.41. The van der Waals surface area contributed by atoms with E-state index in [0.29, 0.717) is 10.5 Å². The molecule has 84 valence electrons. The molecule has 0 aliphatic carbocycles. The standard InChI is InChI=1S/C11H10F2N2S/c12-10(13)7-15-9(6-14-11(15)16)8-4-2-1-3-5-8/h1-6,10H,7H2,(H,14,16). The normalized spacial score (nSPS) is 10.9. The van der Waals surface area contributed by atoms with Gasteiger partial charge in [-0.15, -0.1) is 0 Å². The van der Waals surface area contributed by atoms with E-state index in [1.54, 1.807) is 6.20 Å². The van der Waals surface area contributed by atoms with Crippen LogP contribution in [0.3, 0.4) is 0 Å². The molecule has 16 heavy (non-hydrogen) atoms. The van der Waals surface area contributed by atoms with E-state index < -0.39 is 6.43 Å². The third-order valence-corrected chi connectivity index (χ3v) is 2.60. The van der Waals surface area contributed by atoms with Crippen LogP contribution in [0.1, 0.15) is 0 Å². The molecule has 0 saturated carbocycles. The Labute approximate surface area is 96.5 Å². The van der Waals surface area contributed by atoms with Crippen LogP contribution in [0.25, 0.3) is 11.3 Å². The quantitative estimate of drug-likeness (QED) is 0.814. The van der Waals surface area contributed by atoms with Gasteiger partial charge >= 0.3 is 0 Å². The van der Waals surface area contributed by atoms with Gasteiger partial charge in [-0.3, -0.25) is 0 Å². The number of aromatic nitrogens is 2. The van der Waals surface area contributed by atoms with Crippen molar-refractivity contribution in [2.45, 2.75) is 13.0 Å². The Bertz CT molecular complexity index is 516. The number of imidazole rings is 1. The highest BCUT2D eigenvalue weighted by Crippen LogP contribution is 2.20. The number of halogens is 2. The van der Waals surface area contributed by atoms with Crippen molar-refractivity contribution in [3.8, 4) is 11.3 Å². The van der Waals surface area contributed by atoms with Crippen LogP contribution in [0.5, 0.6) is 0 Å². The molecule has 2 nitrogen and oxygen atoms in total. The number of H-pyrrole nitrogens is 1. The summed E-state index contributed by atoms with van der Waals surface area (Å²) in [7, 11) is 0. The van der Waals surface area contributed by atoms with E-state index in [9.17, 15) is 8.78 Å². The highest BCUT2D eigenvalue weighted by molar-refractivity contribution is 7.71. The topological polar surface area (TPSA) is 20.7 Å². The first-order valence-electron chi connectivity index (χ1n) is 4.80. The second-order valence-electron chi connectivity index (χ2n) is 3.35. The van der Waals surface area contributed by atoms with E-state index in [0.717, 1.165) is 5.56 Å². The van der Waals surface area contributed by atoms with Crippen molar-refractivity contribution in [1.29, 1.82) is 0 Å². The summed E-state index contributed by atoms with van der Waals surface area (Å²) in [6, 6.07) is 9.32. The average Bonchev–Trinajstić information content (AvgIpc) is 2.61. The lowest BCUT2D eigenvalue weighted by atomic mass is 10.2. The van der Waals surface area contributed by atoms with Gasteiger partial charge in [0.2, 0.25) is 0 Å². The number of hydrogen-bond acceptors (Lipinski definition) is 1. The van der Waals surface area contributed by atoms with Gasteiger partial charge in [-0.25, -0.2) is 8.78 Å². The van der Waals surface area contributed by atoms with Crippen LogP contribution in [-0.4, -0.2) is 16.0 Å². The van der Waals surface area contributed by atoms with Crippen LogP contribution < -0.4 is 0 Å². The van der Waals surface area contributed by atoms with Gasteiger partial charge in [0.15, 0.2) is 4.77 Å². The largest absolute Gasteiger partial charge is 0.337 e. The van der Waals surface area contributed by atoms with Crippen molar-refractivity contribution >= 4 is 12.2 Å². The van der Waals surface area contributed by atoms with E-state index in [-0.39, 0.29) is 6.54 Å². The number of nitrogens with zero attached hydrogens (tertiary/aromatic N) is 1. The second-order valence-corrected chi connectivity index (χ2v) is 3.73. The maximum absolute atomic E-state index is 12.4. The molecule has 1 N–H and O–H groups in total. The maximum atomic E-state index is 12.4. The van der Waals surface area contributed by atoms with Crippen molar-refractivity contribution in [3.63, 3.8) is 0 Å². The summed E-state index contributed by atoms with van der Waals surface area (Å²) in [5.41, 5.74) is 1.56. The van der Waals surface area contributed by atoms with E-state index in [1.807, 2.05) is 30.3 Å². The third-order valence-electron chi connectivity index (χ3n) is 2.26. The summed E-state index contributed by atoms with van der Waals surface area (Å²) in [5, 5.41) is 0. The fourth-order valence-corrected chi connectivity index (χ4v) is 1.79. The second kappa shape index (κ2) is 4.57. The van der Waals surface area contributed by atoms with Gasteiger partial charge < -0.3 is 9.55 Å². The van der Waals surface area contributed by atoms with Crippen LogP contribution in [0, 0.1) is 4.77 Å². The fourth-order valence-electron chi connectivity index (χ4n) is 1.56. The van der Waals surface area contributed by atoms with Crippen molar-refractivity contribution in [2.24, 2.45) is 0 Å². The third kappa shape index (κ3) is 2.19. The maximum Gasteiger partial charge on any atom is 0.256 e. The smallest absolute Gasteiger partial charge is 0.256 e. The van der Waals surface area contributed by atoms with Crippen molar-refractivity contribution in [1.82, 2.24) is 9.55 Å². The summed E-state index contributed by atoms with van der Waals surface area (Å²) in [4.78, 5) is 2.79. The Morgan fingerprint density at radius 2 is 1.94 bits per heavy atom. The number of hydrogen-bond donors (Lipinski definition) is 1. The molecule has 0 bridgehead atoms. The van der Waals surface area contributed by atoms with Crippen LogP contribution in [0.2, 0.25) is 0 Å². The van der Waals surface area contributed by atoms with Crippen LogP contribution in [0.4, 0.5) is 8.78 Å². The highest BCUT2D eigenvalue weighted by Gasteiger charge is 2.10. The molecule has 1 heterocycles. The Morgan fingerprint density at radius 3 is 2.56 bits per heavy atom. The molecule has 0 unspecified atom stereocenters. The van der Waals surface area contributed by atoms with E-state index >= 15 is 0 Å². The Hall–Kier alpha value is -1.49. The zero-order valence-electron chi connectivity index (χ0n) is 8.36. The molecule has 0 aliphatic heterocycles. The Morgan fingerprint density at radius 1 is 1.25 bits per heavy atom. The lowest BCUT2D eigenvalue weighted by Crippen LogP contribution is -2.07. The summed E-state index contributed by atoms with van der Waals surface area (Å²) >= 11 is 4.97. The van der Waals surface area contributed by atoms with E-state index in [2.05, 4.69) is 4.98 Å². The average molecular weight is 240 g/mol. The molecule has 5 heteroatoms. The predicted molar refractivity (Wildman–Crippen MR) is 61.1 cm³/mol. The van der Waals surface area contributed by atoms with Gasteiger partial charge in [-0.1, -0.05) is 30.3 Å². The number of alkyl halides is 2. The lowest BCUT2D eigenvalue weighted by Gasteiger charge is -2.07.